The smallest absolute Gasteiger partial charge is 0.123 e. The van der Waals surface area contributed by atoms with Gasteiger partial charge in [-0.2, -0.15) is 0 Å². The summed E-state index contributed by atoms with van der Waals surface area (Å²) in [7, 11) is 0. The van der Waals surface area contributed by atoms with Crippen LogP contribution in [0.2, 0.25) is 0 Å². The number of hydrogen-bond donors (Lipinski definition) is 1. The molecule has 0 bridgehead atoms. The van der Waals surface area contributed by atoms with E-state index in [4.69, 9.17) is 0 Å². The SMILES string of the molecule is CCNC(c1sccc1C)C(C)(C)c1ccc(F)cc1. The largest absolute Gasteiger partial charge is 0.309 e. The van der Waals surface area contributed by atoms with Gasteiger partial charge in [0.05, 0.1) is 6.04 Å². The van der Waals surface area contributed by atoms with Crippen LogP contribution in [0.3, 0.4) is 0 Å². The number of nitrogens with one attached hydrogen (secondary N) is 1. The van der Waals surface area contributed by atoms with Gasteiger partial charge in [0, 0.05) is 10.3 Å². The number of aryl methyl sites for hydroxylation is 1. The second-order valence-electron chi connectivity index (χ2n) is 5.69. The lowest BCUT2D eigenvalue weighted by atomic mass is 9.76. The fourth-order valence-corrected chi connectivity index (χ4v) is 3.79. The summed E-state index contributed by atoms with van der Waals surface area (Å²) in [6.07, 6.45) is 0. The van der Waals surface area contributed by atoms with Crippen molar-refractivity contribution in [1.82, 2.24) is 5.32 Å². The van der Waals surface area contributed by atoms with Gasteiger partial charge in [-0.15, -0.1) is 11.3 Å². The highest BCUT2D eigenvalue weighted by Gasteiger charge is 2.33. The maximum Gasteiger partial charge on any atom is 0.123 e. The first kappa shape index (κ1) is 15.2. The molecule has 1 atom stereocenters. The molecule has 1 unspecified atom stereocenters. The molecule has 1 nitrogen and oxygen atoms in total. The van der Waals surface area contributed by atoms with E-state index in [0.717, 1.165) is 12.1 Å². The van der Waals surface area contributed by atoms with E-state index in [1.165, 1.54) is 10.4 Å². The van der Waals surface area contributed by atoms with Gasteiger partial charge in [0.1, 0.15) is 5.82 Å². The van der Waals surface area contributed by atoms with Gasteiger partial charge in [0.15, 0.2) is 0 Å². The molecule has 1 heterocycles. The van der Waals surface area contributed by atoms with Crippen molar-refractivity contribution < 1.29 is 4.39 Å². The molecule has 2 rings (SSSR count). The Morgan fingerprint density at radius 2 is 1.85 bits per heavy atom. The number of thiophene rings is 1. The van der Waals surface area contributed by atoms with Crippen molar-refractivity contribution >= 4 is 11.3 Å². The van der Waals surface area contributed by atoms with Crippen molar-refractivity contribution in [2.75, 3.05) is 6.54 Å². The summed E-state index contributed by atoms with van der Waals surface area (Å²) in [5.41, 5.74) is 2.37. The second-order valence-corrected chi connectivity index (χ2v) is 6.63. The molecule has 0 aliphatic rings. The zero-order valence-electron chi connectivity index (χ0n) is 12.5. The average Bonchev–Trinajstić information content (AvgIpc) is 2.82. The lowest BCUT2D eigenvalue weighted by Crippen LogP contribution is -2.37. The summed E-state index contributed by atoms with van der Waals surface area (Å²) >= 11 is 1.79. The van der Waals surface area contributed by atoms with E-state index in [-0.39, 0.29) is 17.3 Å². The van der Waals surface area contributed by atoms with Gasteiger partial charge in [0.25, 0.3) is 0 Å². The molecule has 1 aromatic carbocycles. The number of benzene rings is 1. The highest BCUT2D eigenvalue weighted by Crippen LogP contribution is 2.40. The number of halogens is 1. The molecule has 1 N–H and O–H groups in total. The molecule has 0 aliphatic carbocycles. The van der Waals surface area contributed by atoms with Gasteiger partial charge in [0.2, 0.25) is 0 Å². The summed E-state index contributed by atoms with van der Waals surface area (Å²) in [5.74, 6) is -0.183. The Labute approximate surface area is 124 Å². The number of hydrogen-bond acceptors (Lipinski definition) is 2. The Morgan fingerprint density at radius 3 is 2.35 bits per heavy atom. The molecule has 0 saturated heterocycles. The number of rotatable bonds is 5. The molecule has 108 valence electrons. The van der Waals surface area contributed by atoms with E-state index in [2.05, 4.69) is 44.5 Å². The van der Waals surface area contributed by atoms with Gasteiger partial charge < -0.3 is 5.32 Å². The summed E-state index contributed by atoms with van der Waals surface area (Å²) < 4.78 is 13.1. The summed E-state index contributed by atoms with van der Waals surface area (Å²) in [4.78, 5) is 1.36. The lowest BCUT2D eigenvalue weighted by molar-refractivity contribution is 0.357. The standard InChI is InChI=1S/C17H22FNS/c1-5-19-16(15-12(2)10-11-20-15)17(3,4)13-6-8-14(18)9-7-13/h6-11,16,19H,5H2,1-4H3. The molecular weight excluding hydrogens is 269 g/mol. The molecule has 3 heteroatoms. The topological polar surface area (TPSA) is 12.0 Å². The Bertz CT molecular complexity index is 557. The number of likely N-dealkylation sites (N-methyl/N-ethyl adjacent to an activating group) is 1. The first-order valence-electron chi connectivity index (χ1n) is 7.00. The fraction of sp³-hybridized carbons (Fsp3) is 0.412. The summed E-state index contributed by atoms with van der Waals surface area (Å²) in [6.45, 7) is 9.61. The van der Waals surface area contributed by atoms with Crippen LogP contribution >= 0.6 is 11.3 Å². The predicted octanol–water partition coefficient (Wildman–Crippen LogP) is 4.82. The Hall–Kier alpha value is -1.19. The van der Waals surface area contributed by atoms with Crippen molar-refractivity contribution in [3.05, 3.63) is 57.5 Å². The van der Waals surface area contributed by atoms with Gasteiger partial charge in [-0.25, -0.2) is 4.39 Å². The van der Waals surface area contributed by atoms with Crippen LogP contribution in [0, 0.1) is 12.7 Å². The molecule has 0 radical (unpaired) electrons. The molecule has 0 saturated carbocycles. The maximum absolute atomic E-state index is 13.1. The van der Waals surface area contributed by atoms with Crippen LogP contribution in [0.4, 0.5) is 4.39 Å². The van der Waals surface area contributed by atoms with Crippen LogP contribution in [0.25, 0.3) is 0 Å². The lowest BCUT2D eigenvalue weighted by Gasteiger charge is -2.35. The Kier molecular flexibility index (Phi) is 4.61. The van der Waals surface area contributed by atoms with Gasteiger partial charge in [-0.1, -0.05) is 32.9 Å². The highest BCUT2D eigenvalue weighted by molar-refractivity contribution is 7.10. The Balaban J connectivity index is 2.41. The van der Waals surface area contributed by atoms with E-state index < -0.39 is 0 Å². The molecule has 0 spiro atoms. The highest BCUT2D eigenvalue weighted by atomic mass is 32.1. The van der Waals surface area contributed by atoms with Gasteiger partial charge >= 0.3 is 0 Å². The molecule has 0 fully saturated rings. The summed E-state index contributed by atoms with van der Waals surface area (Å²) in [6, 6.07) is 9.26. The van der Waals surface area contributed by atoms with E-state index in [0.29, 0.717) is 0 Å². The van der Waals surface area contributed by atoms with Crippen molar-refractivity contribution in [3.8, 4) is 0 Å². The van der Waals surface area contributed by atoms with E-state index in [9.17, 15) is 4.39 Å². The van der Waals surface area contributed by atoms with Crippen molar-refractivity contribution in [3.63, 3.8) is 0 Å². The van der Waals surface area contributed by atoms with E-state index >= 15 is 0 Å². The van der Waals surface area contributed by atoms with Crippen LogP contribution in [0.5, 0.6) is 0 Å². The molecule has 0 aliphatic heterocycles. The second kappa shape index (κ2) is 6.06. The molecule has 0 amide bonds. The zero-order chi connectivity index (χ0) is 14.8. The van der Waals surface area contributed by atoms with Gasteiger partial charge in [-0.3, -0.25) is 0 Å². The third-order valence-electron chi connectivity index (χ3n) is 3.88. The molecule has 1 aromatic heterocycles. The van der Waals surface area contributed by atoms with Crippen LogP contribution in [0.1, 0.15) is 42.8 Å². The first-order chi connectivity index (χ1) is 9.46. The minimum Gasteiger partial charge on any atom is -0.309 e. The third kappa shape index (κ3) is 2.94. The predicted molar refractivity (Wildman–Crippen MR) is 84.9 cm³/mol. The maximum atomic E-state index is 13.1. The zero-order valence-corrected chi connectivity index (χ0v) is 13.4. The van der Waals surface area contributed by atoms with Gasteiger partial charge in [-0.05, 0) is 48.2 Å². The van der Waals surface area contributed by atoms with Crippen molar-refractivity contribution in [1.29, 1.82) is 0 Å². The normalized spacial score (nSPS) is 13.4. The van der Waals surface area contributed by atoms with Crippen molar-refractivity contribution in [2.24, 2.45) is 0 Å². The van der Waals surface area contributed by atoms with Crippen LogP contribution in [-0.4, -0.2) is 6.54 Å². The minimum atomic E-state index is -0.183. The fourth-order valence-electron chi connectivity index (χ4n) is 2.61. The minimum absolute atomic E-state index is 0.0979. The molecule has 20 heavy (non-hydrogen) atoms. The van der Waals surface area contributed by atoms with Crippen LogP contribution in [-0.2, 0) is 5.41 Å². The third-order valence-corrected chi connectivity index (χ3v) is 4.97. The van der Waals surface area contributed by atoms with E-state index in [1.807, 2.05) is 12.1 Å². The van der Waals surface area contributed by atoms with Crippen molar-refractivity contribution in [2.45, 2.75) is 39.2 Å². The first-order valence-corrected chi connectivity index (χ1v) is 7.88. The Morgan fingerprint density at radius 1 is 1.20 bits per heavy atom. The molecule has 2 aromatic rings. The monoisotopic (exact) mass is 291 g/mol. The average molecular weight is 291 g/mol. The van der Waals surface area contributed by atoms with E-state index in [1.54, 1.807) is 23.5 Å². The molecular formula is C17H22FNS. The van der Waals surface area contributed by atoms with Crippen LogP contribution < -0.4 is 5.32 Å². The summed E-state index contributed by atoms with van der Waals surface area (Å²) in [5, 5.41) is 5.73. The quantitative estimate of drug-likeness (QED) is 0.832. The van der Waals surface area contributed by atoms with Crippen LogP contribution in [0.15, 0.2) is 35.7 Å².